The Morgan fingerprint density at radius 2 is 2.12 bits per heavy atom. The van der Waals surface area contributed by atoms with E-state index in [4.69, 9.17) is 5.73 Å². The summed E-state index contributed by atoms with van der Waals surface area (Å²) < 4.78 is 37.1. The molecule has 0 spiro atoms. The van der Waals surface area contributed by atoms with Crippen molar-refractivity contribution in [2.24, 2.45) is 5.73 Å². The fourth-order valence-electron chi connectivity index (χ4n) is 1.25. The lowest BCUT2D eigenvalue weighted by molar-refractivity contribution is -0.137. The molecule has 0 aliphatic carbocycles. The number of nitrogens with two attached hydrogens (primary N) is 1. The molecule has 3 N–H and O–H groups in total. The molecular weight excluding hydrogens is 225 g/mol. The summed E-state index contributed by atoms with van der Waals surface area (Å²) in [6.45, 7) is 0. The number of alkyl halides is 3. The number of halogens is 3. The number of hydrogen-bond acceptors (Lipinski definition) is 3. The first-order valence-electron chi connectivity index (χ1n) is 4.10. The number of carbonyl (C=O) groups excluding carboxylic acids is 1. The van der Waals surface area contributed by atoms with Crippen LogP contribution in [0.3, 0.4) is 0 Å². The first-order chi connectivity index (χ1) is 7.39. The highest BCUT2D eigenvalue weighted by Gasteiger charge is 2.31. The average molecular weight is 230 g/mol. The van der Waals surface area contributed by atoms with E-state index in [-0.39, 0.29) is 16.7 Å². The highest BCUT2D eigenvalue weighted by atomic mass is 19.4. The molecule has 0 saturated heterocycles. The van der Waals surface area contributed by atoms with Gasteiger partial charge in [-0.15, -0.1) is 0 Å². The van der Waals surface area contributed by atoms with Crippen molar-refractivity contribution in [1.82, 2.24) is 15.2 Å². The summed E-state index contributed by atoms with van der Waals surface area (Å²) in [4.78, 5) is 14.4. The molecule has 0 saturated carbocycles. The second-order valence-corrected chi connectivity index (χ2v) is 3.05. The van der Waals surface area contributed by atoms with Crippen molar-refractivity contribution in [2.75, 3.05) is 0 Å². The summed E-state index contributed by atoms with van der Waals surface area (Å²) in [7, 11) is 0. The zero-order valence-corrected chi connectivity index (χ0v) is 7.67. The SMILES string of the molecule is NC(=O)c1n[nH]c2ncc(C(F)(F)F)cc12. The Bertz CT molecular complexity index is 560. The molecule has 0 radical (unpaired) electrons. The minimum atomic E-state index is -4.52. The number of aromatic nitrogens is 3. The van der Waals surface area contributed by atoms with Gasteiger partial charge in [-0.05, 0) is 6.07 Å². The standard InChI is InChI=1S/C8H5F3N4O/c9-8(10,11)3-1-4-5(6(12)16)14-15-7(4)13-2-3/h1-2H,(H2,12,16)(H,13,14,15). The molecule has 0 aliphatic rings. The molecule has 2 heterocycles. The predicted molar refractivity (Wildman–Crippen MR) is 47.4 cm³/mol. The van der Waals surface area contributed by atoms with Crippen molar-refractivity contribution in [3.8, 4) is 0 Å². The van der Waals surface area contributed by atoms with Crippen LogP contribution in [-0.2, 0) is 6.18 Å². The molecule has 1 amide bonds. The van der Waals surface area contributed by atoms with Gasteiger partial charge >= 0.3 is 6.18 Å². The molecular formula is C8H5F3N4O. The number of hydrogen-bond donors (Lipinski definition) is 2. The van der Waals surface area contributed by atoms with E-state index in [1.807, 2.05) is 0 Å². The van der Waals surface area contributed by atoms with Gasteiger partial charge in [-0.1, -0.05) is 0 Å². The molecule has 0 aliphatic heterocycles. The molecule has 84 valence electrons. The number of aromatic amines is 1. The van der Waals surface area contributed by atoms with E-state index in [0.717, 1.165) is 6.07 Å². The van der Waals surface area contributed by atoms with E-state index in [0.29, 0.717) is 6.20 Å². The number of H-pyrrole nitrogens is 1. The van der Waals surface area contributed by atoms with E-state index in [2.05, 4.69) is 15.2 Å². The minimum absolute atomic E-state index is 0.0395. The van der Waals surface area contributed by atoms with Crippen LogP contribution >= 0.6 is 0 Å². The van der Waals surface area contributed by atoms with Crippen LogP contribution in [0.25, 0.3) is 11.0 Å². The Morgan fingerprint density at radius 1 is 1.44 bits per heavy atom. The van der Waals surface area contributed by atoms with Gasteiger partial charge in [0.15, 0.2) is 11.3 Å². The Kier molecular flexibility index (Phi) is 2.07. The number of primary amides is 1. The van der Waals surface area contributed by atoms with Crippen LogP contribution < -0.4 is 5.73 Å². The fourth-order valence-corrected chi connectivity index (χ4v) is 1.25. The second kappa shape index (κ2) is 3.19. The number of fused-ring (bicyclic) bond motifs is 1. The number of nitrogens with zero attached hydrogens (tertiary/aromatic N) is 2. The topological polar surface area (TPSA) is 84.7 Å². The van der Waals surface area contributed by atoms with Crippen molar-refractivity contribution >= 4 is 16.9 Å². The predicted octanol–water partition coefficient (Wildman–Crippen LogP) is 1.08. The minimum Gasteiger partial charge on any atom is -0.364 e. The van der Waals surface area contributed by atoms with Gasteiger partial charge < -0.3 is 5.73 Å². The van der Waals surface area contributed by atoms with E-state index >= 15 is 0 Å². The highest BCUT2D eigenvalue weighted by molar-refractivity contribution is 6.03. The third-order valence-corrected chi connectivity index (χ3v) is 1.98. The molecule has 0 unspecified atom stereocenters. The van der Waals surface area contributed by atoms with Gasteiger partial charge in [0.25, 0.3) is 5.91 Å². The van der Waals surface area contributed by atoms with E-state index in [1.165, 1.54) is 0 Å². The highest BCUT2D eigenvalue weighted by Crippen LogP contribution is 2.30. The summed E-state index contributed by atoms with van der Waals surface area (Å²) >= 11 is 0. The molecule has 0 atom stereocenters. The molecule has 2 aromatic heterocycles. The van der Waals surface area contributed by atoms with Crippen LogP contribution in [-0.4, -0.2) is 21.1 Å². The van der Waals surface area contributed by atoms with E-state index in [1.54, 1.807) is 0 Å². The molecule has 0 fully saturated rings. The summed E-state index contributed by atoms with van der Waals surface area (Å²) in [5, 5.41) is 5.77. The molecule has 2 aromatic rings. The van der Waals surface area contributed by atoms with Crippen LogP contribution in [0.15, 0.2) is 12.3 Å². The van der Waals surface area contributed by atoms with E-state index < -0.39 is 17.6 Å². The largest absolute Gasteiger partial charge is 0.417 e. The van der Waals surface area contributed by atoms with E-state index in [9.17, 15) is 18.0 Å². The monoisotopic (exact) mass is 230 g/mol. The van der Waals surface area contributed by atoms with Gasteiger partial charge in [-0.25, -0.2) is 4.98 Å². The van der Waals surface area contributed by atoms with Crippen LogP contribution in [0.4, 0.5) is 13.2 Å². The lowest BCUT2D eigenvalue weighted by atomic mass is 10.2. The lowest BCUT2D eigenvalue weighted by Gasteiger charge is -2.05. The van der Waals surface area contributed by atoms with Crippen LogP contribution in [0.2, 0.25) is 0 Å². The van der Waals surface area contributed by atoms with Crippen LogP contribution in [0.5, 0.6) is 0 Å². The normalized spacial score (nSPS) is 11.9. The van der Waals surface area contributed by atoms with Gasteiger partial charge in [0.2, 0.25) is 0 Å². The molecule has 8 heteroatoms. The quantitative estimate of drug-likeness (QED) is 0.768. The zero-order chi connectivity index (χ0) is 11.9. The summed E-state index contributed by atoms with van der Waals surface area (Å²) in [5.41, 5.74) is 3.83. The molecule has 5 nitrogen and oxygen atoms in total. The van der Waals surface area contributed by atoms with Crippen molar-refractivity contribution in [3.05, 3.63) is 23.5 Å². The Balaban J connectivity index is 2.68. The number of rotatable bonds is 1. The van der Waals surface area contributed by atoms with Gasteiger partial charge in [-0.2, -0.15) is 18.3 Å². The number of nitrogens with one attached hydrogen (secondary N) is 1. The first kappa shape index (κ1) is 10.4. The average Bonchev–Trinajstić information content (AvgIpc) is 2.58. The zero-order valence-electron chi connectivity index (χ0n) is 7.67. The number of amides is 1. The number of carbonyl (C=O) groups is 1. The molecule has 16 heavy (non-hydrogen) atoms. The van der Waals surface area contributed by atoms with Crippen molar-refractivity contribution in [1.29, 1.82) is 0 Å². The van der Waals surface area contributed by atoms with Crippen molar-refractivity contribution < 1.29 is 18.0 Å². The summed E-state index contributed by atoms with van der Waals surface area (Å²) in [5.74, 6) is -0.910. The first-order valence-corrected chi connectivity index (χ1v) is 4.10. The van der Waals surface area contributed by atoms with Gasteiger partial charge in [0.05, 0.1) is 10.9 Å². The summed E-state index contributed by atoms with van der Waals surface area (Å²) in [6.07, 6.45) is -3.86. The van der Waals surface area contributed by atoms with Crippen molar-refractivity contribution in [3.63, 3.8) is 0 Å². The Morgan fingerprint density at radius 3 is 2.69 bits per heavy atom. The maximum absolute atomic E-state index is 12.4. The molecule has 0 aromatic carbocycles. The van der Waals surface area contributed by atoms with Crippen LogP contribution in [0, 0.1) is 0 Å². The van der Waals surface area contributed by atoms with Gasteiger partial charge in [0.1, 0.15) is 0 Å². The third kappa shape index (κ3) is 1.58. The third-order valence-electron chi connectivity index (χ3n) is 1.98. The van der Waals surface area contributed by atoms with Crippen molar-refractivity contribution in [2.45, 2.75) is 6.18 Å². The fraction of sp³-hybridized carbons (Fsp3) is 0.125. The molecule has 2 rings (SSSR count). The Labute approximate surface area is 86.5 Å². The second-order valence-electron chi connectivity index (χ2n) is 3.05. The maximum atomic E-state index is 12.4. The lowest BCUT2D eigenvalue weighted by Crippen LogP contribution is -2.12. The molecule has 0 bridgehead atoms. The maximum Gasteiger partial charge on any atom is 0.417 e. The van der Waals surface area contributed by atoms with Gasteiger partial charge in [0, 0.05) is 6.20 Å². The van der Waals surface area contributed by atoms with Crippen LogP contribution in [0.1, 0.15) is 16.1 Å². The smallest absolute Gasteiger partial charge is 0.364 e. The Hall–Kier alpha value is -2.12. The van der Waals surface area contributed by atoms with Gasteiger partial charge in [-0.3, -0.25) is 9.89 Å². The summed E-state index contributed by atoms with van der Waals surface area (Å²) in [6, 6.07) is 0.784. The number of pyridine rings is 1.